The van der Waals surface area contributed by atoms with Crippen LogP contribution in [0.2, 0.25) is 0 Å². The summed E-state index contributed by atoms with van der Waals surface area (Å²) in [5, 5.41) is 60.2. The zero-order chi connectivity index (χ0) is 26.9. The Hall–Kier alpha value is -3.00. The molecular formula is C25H30O12. The van der Waals surface area contributed by atoms with Gasteiger partial charge in [0, 0.05) is 17.9 Å². The van der Waals surface area contributed by atoms with E-state index in [9.17, 15) is 40.2 Å². The maximum atomic E-state index is 12.1. The first-order valence-corrected chi connectivity index (χ1v) is 11.8. The number of aromatic hydroxyl groups is 1. The number of ether oxygens (including phenoxy) is 4. The number of hydrogen-bond donors (Lipinski definition) is 6. The molecule has 6 N–H and O–H groups in total. The summed E-state index contributed by atoms with van der Waals surface area (Å²) < 4.78 is 22.0. The van der Waals surface area contributed by atoms with Crippen molar-refractivity contribution in [3.05, 3.63) is 47.7 Å². The molecule has 10 atom stereocenters. The van der Waals surface area contributed by atoms with Crippen molar-refractivity contribution >= 4 is 18.0 Å². The molecule has 0 radical (unpaired) electrons. The number of fused-ring (bicyclic) bond motifs is 1. The first kappa shape index (κ1) is 27.0. The number of benzene rings is 1. The smallest absolute Gasteiger partial charge is 0.334 e. The molecular weight excluding hydrogens is 492 g/mol. The van der Waals surface area contributed by atoms with Crippen LogP contribution in [0.4, 0.5) is 0 Å². The summed E-state index contributed by atoms with van der Waals surface area (Å²) in [4.78, 5) is 23.7. The van der Waals surface area contributed by atoms with Gasteiger partial charge >= 0.3 is 11.9 Å². The highest BCUT2D eigenvalue weighted by molar-refractivity contribution is 5.87. The van der Waals surface area contributed by atoms with E-state index in [4.69, 9.17) is 18.9 Å². The van der Waals surface area contributed by atoms with Gasteiger partial charge in [0.1, 0.15) is 36.8 Å². The summed E-state index contributed by atoms with van der Waals surface area (Å²) in [6, 6.07) is 6.08. The van der Waals surface area contributed by atoms with E-state index in [0.717, 1.165) is 12.3 Å². The highest BCUT2D eigenvalue weighted by Gasteiger charge is 2.53. The van der Waals surface area contributed by atoms with Crippen molar-refractivity contribution < 1.29 is 59.2 Å². The molecule has 2 aliphatic heterocycles. The Kier molecular flexibility index (Phi) is 8.17. The van der Waals surface area contributed by atoms with Crippen molar-refractivity contribution in [2.45, 2.75) is 56.4 Å². The highest BCUT2D eigenvalue weighted by atomic mass is 16.8. The van der Waals surface area contributed by atoms with E-state index in [2.05, 4.69) is 0 Å². The van der Waals surface area contributed by atoms with E-state index in [-0.39, 0.29) is 17.7 Å². The lowest BCUT2D eigenvalue weighted by atomic mass is 9.83. The van der Waals surface area contributed by atoms with E-state index in [1.807, 2.05) is 0 Å². The molecule has 1 aromatic rings. The van der Waals surface area contributed by atoms with E-state index in [0.29, 0.717) is 5.56 Å². The monoisotopic (exact) mass is 522 g/mol. The van der Waals surface area contributed by atoms with Crippen LogP contribution in [0.25, 0.3) is 6.08 Å². The fourth-order valence-electron chi connectivity index (χ4n) is 4.94. The van der Waals surface area contributed by atoms with E-state index < -0.39 is 79.4 Å². The van der Waals surface area contributed by atoms with Crippen LogP contribution in [0.5, 0.6) is 5.75 Å². The second kappa shape index (κ2) is 11.2. The zero-order valence-electron chi connectivity index (χ0n) is 19.9. The number of esters is 1. The van der Waals surface area contributed by atoms with Gasteiger partial charge in [0.05, 0.1) is 17.9 Å². The average Bonchev–Trinajstić information content (AvgIpc) is 3.17. The number of carboxylic acid groups (broad SMARTS) is 1. The lowest BCUT2D eigenvalue weighted by Gasteiger charge is -2.43. The van der Waals surface area contributed by atoms with Crippen LogP contribution in [-0.4, -0.2) is 92.3 Å². The van der Waals surface area contributed by atoms with Gasteiger partial charge in [0.25, 0.3) is 0 Å². The van der Waals surface area contributed by atoms with Crippen molar-refractivity contribution in [1.29, 1.82) is 0 Å². The molecule has 2 fully saturated rings. The van der Waals surface area contributed by atoms with Crippen molar-refractivity contribution in [3.8, 4) is 5.75 Å². The number of hydrogen-bond acceptors (Lipinski definition) is 11. The number of aliphatic hydroxyl groups excluding tert-OH is 4. The molecule has 202 valence electrons. The minimum absolute atomic E-state index is 0.000958. The quantitative estimate of drug-likeness (QED) is 0.203. The third-order valence-electron chi connectivity index (χ3n) is 7.10. The van der Waals surface area contributed by atoms with Gasteiger partial charge in [-0.2, -0.15) is 0 Å². The van der Waals surface area contributed by atoms with Gasteiger partial charge < -0.3 is 49.6 Å². The molecule has 37 heavy (non-hydrogen) atoms. The van der Waals surface area contributed by atoms with E-state index in [1.54, 1.807) is 19.1 Å². The van der Waals surface area contributed by atoms with Gasteiger partial charge in [-0.3, -0.25) is 0 Å². The molecule has 12 heteroatoms. The van der Waals surface area contributed by atoms with Crippen molar-refractivity contribution in [2.24, 2.45) is 17.8 Å². The van der Waals surface area contributed by atoms with Crippen molar-refractivity contribution in [1.82, 2.24) is 0 Å². The van der Waals surface area contributed by atoms with Gasteiger partial charge in [-0.05, 0) is 36.1 Å². The Morgan fingerprint density at radius 3 is 2.43 bits per heavy atom. The normalized spacial score (nSPS) is 37.5. The fraction of sp³-hybridized carbons (Fsp3) is 0.520. The molecule has 0 aromatic heterocycles. The predicted molar refractivity (Wildman–Crippen MR) is 123 cm³/mol. The molecule has 3 aliphatic rings. The molecule has 12 nitrogen and oxygen atoms in total. The molecule has 0 bridgehead atoms. The van der Waals surface area contributed by atoms with Crippen molar-refractivity contribution in [2.75, 3.05) is 6.61 Å². The minimum Gasteiger partial charge on any atom is -0.508 e. The Balaban J connectivity index is 1.40. The van der Waals surface area contributed by atoms with Crippen LogP contribution in [0.15, 0.2) is 42.2 Å². The number of phenolic OH excluding ortho intramolecular Hbond substituents is 1. The molecule has 1 saturated carbocycles. The summed E-state index contributed by atoms with van der Waals surface area (Å²) in [7, 11) is 0. The van der Waals surface area contributed by atoms with Crippen LogP contribution in [0, 0.1) is 17.8 Å². The number of rotatable bonds is 7. The summed E-state index contributed by atoms with van der Waals surface area (Å²) >= 11 is 0. The van der Waals surface area contributed by atoms with Gasteiger partial charge in [-0.25, -0.2) is 9.59 Å². The Morgan fingerprint density at radius 2 is 1.76 bits per heavy atom. The van der Waals surface area contributed by atoms with Crippen LogP contribution in [0.1, 0.15) is 18.9 Å². The van der Waals surface area contributed by atoms with Gasteiger partial charge in [0.2, 0.25) is 6.29 Å². The summed E-state index contributed by atoms with van der Waals surface area (Å²) in [5.41, 5.74) is 0.631. The van der Waals surface area contributed by atoms with Crippen LogP contribution < -0.4 is 0 Å². The third-order valence-corrected chi connectivity index (χ3v) is 7.10. The number of phenols is 1. The molecule has 0 spiro atoms. The first-order valence-electron chi connectivity index (χ1n) is 11.8. The van der Waals surface area contributed by atoms with Gasteiger partial charge in [-0.1, -0.05) is 19.1 Å². The Morgan fingerprint density at radius 1 is 1.05 bits per heavy atom. The second-order valence-corrected chi connectivity index (χ2v) is 9.43. The molecule has 10 unspecified atom stereocenters. The maximum absolute atomic E-state index is 12.1. The molecule has 1 aromatic carbocycles. The number of carboxylic acids is 1. The number of aliphatic hydroxyl groups is 4. The lowest BCUT2D eigenvalue weighted by molar-refractivity contribution is -0.342. The number of carbonyl (C=O) groups excluding carboxylic acids is 1. The highest BCUT2D eigenvalue weighted by Crippen LogP contribution is 2.47. The van der Waals surface area contributed by atoms with E-state index >= 15 is 0 Å². The maximum Gasteiger partial charge on any atom is 0.334 e. The van der Waals surface area contributed by atoms with Gasteiger partial charge in [-0.15, -0.1) is 0 Å². The first-order chi connectivity index (χ1) is 17.6. The molecule has 2 heterocycles. The lowest BCUT2D eigenvalue weighted by Crippen LogP contribution is -2.60. The van der Waals surface area contributed by atoms with Crippen LogP contribution in [-0.2, 0) is 28.5 Å². The minimum atomic E-state index is -1.70. The molecule has 1 saturated heterocycles. The van der Waals surface area contributed by atoms with Gasteiger partial charge in [0.15, 0.2) is 6.29 Å². The summed E-state index contributed by atoms with van der Waals surface area (Å²) in [5.74, 6) is -3.40. The summed E-state index contributed by atoms with van der Waals surface area (Å²) in [6.07, 6.45) is -5.84. The predicted octanol–water partition coefficient (Wildman–Crippen LogP) is -0.269. The summed E-state index contributed by atoms with van der Waals surface area (Å²) in [6.45, 7) is 1.25. The number of aliphatic carboxylic acids is 1. The molecule has 4 rings (SSSR count). The molecule has 0 amide bonds. The fourth-order valence-corrected chi connectivity index (χ4v) is 4.94. The Labute approximate surface area is 212 Å². The average molecular weight is 523 g/mol. The number of carbonyl (C=O) groups is 2. The van der Waals surface area contributed by atoms with E-state index in [1.165, 1.54) is 18.2 Å². The Bertz CT molecular complexity index is 1040. The van der Waals surface area contributed by atoms with Crippen molar-refractivity contribution in [3.63, 3.8) is 0 Å². The zero-order valence-corrected chi connectivity index (χ0v) is 19.9. The van der Waals surface area contributed by atoms with Crippen LogP contribution >= 0.6 is 0 Å². The second-order valence-electron chi connectivity index (χ2n) is 9.43. The largest absolute Gasteiger partial charge is 0.508 e. The van der Waals surface area contributed by atoms with Crippen LogP contribution in [0.3, 0.4) is 0 Å². The topological polar surface area (TPSA) is 192 Å². The third kappa shape index (κ3) is 5.79. The standard InChI is InChI=1S/C25H30O12/c1-11-16(27)8-14-15(23(32)33)9-35-24(19(11)14)37-25-22(31)21(30)20(29)17(36-25)10-34-18(28)7-4-12-2-5-13(26)6-3-12/h2-7,9,11,14,16-17,19-22,24-27,29-31H,8,10H2,1H3,(H,32,33). The SMILES string of the molecule is CC1C(O)CC2C(C(=O)O)=COC(OC3OC(COC(=O)C=Cc4ccc(O)cc4)C(O)C(O)C3O)C21. The molecule has 1 aliphatic carbocycles.